The van der Waals surface area contributed by atoms with Gasteiger partial charge in [-0.15, -0.1) is 18.3 Å². The second kappa shape index (κ2) is 8.31. The summed E-state index contributed by atoms with van der Waals surface area (Å²) in [7, 11) is 0. The maximum absolute atomic E-state index is 14.0. The molecule has 2 bridgehead atoms. The molecule has 2 amide bonds. The number of rotatable bonds is 8. The van der Waals surface area contributed by atoms with Crippen molar-refractivity contribution in [3.05, 3.63) is 48.6 Å². The van der Waals surface area contributed by atoms with Crippen molar-refractivity contribution in [2.24, 2.45) is 11.8 Å². The van der Waals surface area contributed by atoms with E-state index in [-0.39, 0.29) is 23.7 Å². The van der Waals surface area contributed by atoms with Gasteiger partial charge in [0.05, 0.1) is 29.2 Å². The maximum Gasteiger partial charge on any atom is 0.308 e. The van der Waals surface area contributed by atoms with E-state index < -0.39 is 34.6 Å². The number of hydrogen-bond donors (Lipinski definition) is 2. The molecule has 2 N–H and O–H groups in total. The summed E-state index contributed by atoms with van der Waals surface area (Å²) < 4.78 is -0.762. The standard InChI is InChI=1S/C23H28N2O5S/c1-3-11-24(12-15-7-5-4-6-8-15)21(28)19-23-10-9-16(31-23)17(22(29)30)18(23)20(27)25(19)14(2)13-26/h3-8,14,16-19,26H,1,9-13H2,2H3,(H,29,30)/t14-,16+,17-,18+,19?,23?/m1/s1. The Kier molecular flexibility index (Phi) is 5.87. The highest BCUT2D eigenvalue weighted by atomic mass is 32.2. The molecular weight excluding hydrogens is 416 g/mol. The van der Waals surface area contributed by atoms with Crippen molar-refractivity contribution in [2.75, 3.05) is 13.2 Å². The zero-order valence-electron chi connectivity index (χ0n) is 17.5. The van der Waals surface area contributed by atoms with Gasteiger partial charge in [0, 0.05) is 18.3 Å². The number of aliphatic hydroxyl groups excluding tert-OH is 1. The Morgan fingerprint density at radius 3 is 2.71 bits per heavy atom. The Balaban J connectivity index is 1.74. The molecule has 0 saturated carbocycles. The van der Waals surface area contributed by atoms with Crippen molar-refractivity contribution in [2.45, 2.75) is 48.4 Å². The first-order chi connectivity index (χ1) is 14.9. The minimum absolute atomic E-state index is 0.157. The lowest BCUT2D eigenvalue weighted by Gasteiger charge is -2.38. The summed E-state index contributed by atoms with van der Waals surface area (Å²) in [4.78, 5) is 42.6. The Morgan fingerprint density at radius 2 is 2.10 bits per heavy atom. The Labute approximate surface area is 186 Å². The summed E-state index contributed by atoms with van der Waals surface area (Å²) in [6.45, 7) is 5.89. The van der Waals surface area contributed by atoms with Crippen molar-refractivity contribution in [1.82, 2.24) is 9.80 Å². The summed E-state index contributed by atoms with van der Waals surface area (Å²) in [5.41, 5.74) is 0.963. The average Bonchev–Trinajstić information content (AvgIpc) is 3.40. The van der Waals surface area contributed by atoms with Gasteiger partial charge in [0.25, 0.3) is 0 Å². The largest absolute Gasteiger partial charge is 0.481 e. The van der Waals surface area contributed by atoms with Crippen LogP contribution in [0.15, 0.2) is 43.0 Å². The second-order valence-corrected chi connectivity index (χ2v) is 10.3. The number of thioether (sulfide) groups is 1. The average molecular weight is 445 g/mol. The fourth-order valence-corrected chi connectivity index (χ4v) is 7.77. The van der Waals surface area contributed by atoms with Crippen LogP contribution in [0.4, 0.5) is 0 Å². The van der Waals surface area contributed by atoms with Gasteiger partial charge < -0.3 is 20.0 Å². The van der Waals surface area contributed by atoms with Crippen molar-refractivity contribution >= 4 is 29.5 Å². The van der Waals surface area contributed by atoms with Crippen LogP contribution in [0.3, 0.4) is 0 Å². The number of aliphatic hydroxyl groups is 1. The number of nitrogens with zero attached hydrogens (tertiary/aromatic N) is 2. The predicted molar refractivity (Wildman–Crippen MR) is 117 cm³/mol. The lowest BCUT2D eigenvalue weighted by atomic mass is 9.71. The van der Waals surface area contributed by atoms with Gasteiger partial charge in [-0.1, -0.05) is 36.4 Å². The number of fused-ring (bicyclic) bond motifs is 1. The fraction of sp³-hybridized carbons (Fsp3) is 0.522. The highest BCUT2D eigenvalue weighted by molar-refractivity contribution is 8.02. The summed E-state index contributed by atoms with van der Waals surface area (Å²) in [5, 5.41) is 19.5. The van der Waals surface area contributed by atoms with E-state index in [1.165, 1.54) is 16.7 Å². The first-order valence-corrected chi connectivity index (χ1v) is 11.5. The minimum atomic E-state index is -0.977. The third-order valence-electron chi connectivity index (χ3n) is 6.87. The number of likely N-dealkylation sites (tertiary alicyclic amines) is 1. The van der Waals surface area contributed by atoms with Crippen molar-refractivity contribution in [1.29, 1.82) is 0 Å². The van der Waals surface area contributed by atoms with Crippen molar-refractivity contribution < 1.29 is 24.6 Å². The number of aliphatic carboxylic acids is 1. The quantitative estimate of drug-likeness (QED) is 0.593. The topological polar surface area (TPSA) is 98.2 Å². The molecule has 6 atom stereocenters. The van der Waals surface area contributed by atoms with Crippen LogP contribution in [0.5, 0.6) is 0 Å². The molecule has 31 heavy (non-hydrogen) atoms. The lowest BCUT2D eigenvalue weighted by Crippen LogP contribution is -2.56. The number of carboxylic acid groups (broad SMARTS) is 1. The fourth-order valence-electron chi connectivity index (χ4n) is 5.58. The van der Waals surface area contributed by atoms with Gasteiger partial charge in [0.1, 0.15) is 6.04 Å². The van der Waals surface area contributed by atoms with Gasteiger partial charge in [-0.2, -0.15) is 0 Å². The summed E-state index contributed by atoms with van der Waals surface area (Å²) in [5.74, 6) is -3.04. The normalized spacial score (nSPS) is 32.1. The predicted octanol–water partition coefficient (Wildman–Crippen LogP) is 1.76. The van der Waals surface area contributed by atoms with Gasteiger partial charge >= 0.3 is 5.97 Å². The number of carboxylic acids is 1. The molecule has 3 aliphatic rings. The number of hydrogen-bond acceptors (Lipinski definition) is 5. The van der Waals surface area contributed by atoms with Crippen LogP contribution >= 0.6 is 11.8 Å². The number of amides is 2. The third kappa shape index (κ3) is 3.36. The maximum atomic E-state index is 14.0. The molecule has 166 valence electrons. The summed E-state index contributed by atoms with van der Waals surface area (Å²) >= 11 is 1.50. The van der Waals surface area contributed by atoms with E-state index in [4.69, 9.17) is 0 Å². The molecule has 3 aliphatic heterocycles. The molecule has 1 aromatic carbocycles. The van der Waals surface area contributed by atoms with E-state index in [0.29, 0.717) is 25.9 Å². The van der Waals surface area contributed by atoms with E-state index in [0.717, 1.165) is 5.56 Å². The third-order valence-corrected chi connectivity index (χ3v) is 8.83. The number of carbonyl (C=O) groups is 3. The minimum Gasteiger partial charge on any atom is -0.481 e. The number of benzene rings is 1. The van der Waals surface area contributed by atoms with Gasteiger partial charge in [-0.25, -0.2) is 0 Å². The first kappa shape index (κ1) is 21.9. The molecule has 0 radical (unpaired) electrons. The lowest BCUT2D eigenvalue weighted by molar-refractivity contribution is -0.149. The molecule has 3 heterocycles. The zero-order chi connectivity index (χ0) is 22.3. The van der Waals surface area contributed by atoms with E-state index in [2.05, 4.69) is 6.58 Å². The molecule has 7 nitrogen and oxygen atoms in total. The Bertz CT molecular complexity index is 893. The molecule has 0 aliphatic carbocycles. The summed E-state index contributed by atoms with van der Waals surface area (Å²) in [6, 6.07) is 8.24. The first-order valence-electron chi connectivity index (χ1n) is 10.6. The van der Waals surface area contributed by atoms with E-state index >= 15 is 0 Å². The van der Waals surface area contributed by atoms with Crippen LogP contribution in [0, 0.1) is 11.8 Å². The van der Waals surface area contributed by atoms with Crippen LogP contribution in [-0.2, 0) is 20.9 Å². The van der Waals surface area contributed by atoms with Gasteiger partial charge in [-0.3, -0.25) is 14.4 Å². The van der Waals surface area contributed by atoms with Crippen molar-refractivity contribution in [3.63, 3.8) is 0 Å². The van der Waals surface area contributed by atoms with Gasteiger partial charge in [0.2, 0.25) is 11.8 Å². The molecule has 8 heteroatoms. The number of carbonyl (C=O) groups excluding carboxylic acids is 2. The van der Waals surface area contributed by atoms with E-state index in [1.807, 2.05) is 30.3 Å². The zero-order valence-corrected chi connectivity index (χ0v) is 18.3. The molecule has 0 aromatic heterocycles. The van der Waals surface area contributed by atoms with Crippen LogP contribution in [0.1, 0.15) is 25.3 Å². The summed E-state index contributed by atoms with van der Waals surface area (Å²) in [6.07, 6.45) is 2.96. The van der Waals surface area contributed by atoms with Crippen LogP contribution in [0.2, 0.25) is 0 Å². The molecule has 1 spiro atoms. The van der Waals surface area contributed by atoms with E-state index in [1.54, 1.807) is 17.9 Å². The Morgan fingerprint density at radius 1 is 1.39 bits per heavy atom. The molecule has 4 rings (SSSR count). The van der Waals surface area contributed by atoms with E-state index in [9.17, 15) is 24.6 Å². The van der Waals surface area contributed by atoms with Crippen LogP contribution in [0.25, 0.3) is 0 Å². The monoisotopic (exact) mass is 444 g/mol. The highest BCUT2D eigenvalue weighted by Crippen LogP contribution is 2.66. The second-order valence-electron chi connectivity index (χ2n) is 8.66. The SMILES string of the molecule is C=CCN(Cc1ccccc1)C(=O)C1N([C@H](C)CO)C(=O)[C@@H]2[C@H](C(=O)O)[C@@H]3CCC12S3. The highest BCUT2D eigenvalue weighted by Gasteiger charge is 2.74. The van der Waals surface area contributed by atoms with Gasteiger partial charge in [0.15, 0.2) is 0 Å². The smallest absolute Gasteiger partial charge is 0.308 e. The Hall–Kier alpha value is -2.32. The van der Waals surface area contributed by atoms with Crippen molar-refractivity contribution in [3.8, 4) is 0 Å². The molecule has 1 aromatic rings. The molecule has 3 fully saturated rings. The van der Waals surface area contributed by atoms with Crippen LogP contribution in [-0.4, -0.2) is 73.0 Å². The van der Waals surface area contributed by atoms with Gasteiger partial charge in [-0.05, 0) is 25.3 Å². The molecular formula is C23H28N2O5S. The molecule has 2 unspecified atom stereocenters. The molecule has 3 saturated heterocycles. The van der Waals surface area contributed by atoms with Crippen LogP contribution < -0.4 is 0 Å².